The van der Waals surface area contributed by atoms with Gasteiger partial charge in [0, 0.05) is 25.6 Å². The normalized spacial score (nSPS) is 12.8. The minimum Gasteiger partial charge on any atom is -0.391 e. The maximum Gasteiger partial charge on any atom is 0.204 e. The maximum atomic E-state index is 14.7. The van der Waals surface area contributed by atoms with Crippen molar-refractivity contribution in [2.45, 2.75) is 19.4 Å². The quantitative estimate of drug-likeness (QED) is 0.520. The lowest BCUT2D eigenvalue weighted by Crippen LogP contribution is -2.29. The van der Waals surface area contributed by atoms with Crippen molar-refractivity contribution in [1.29, 1.82) is 0 Å². The fourth-order valence-electron chi connectivity index (χ4n) is 2.90. The number of halogens is 1. The molecule has 146 valence electrons. The largest absolute Gasteiger partial charge is 0.391 e. The van der Waals surface area contributed by atoms with E-state index in [0.717, 1.165) is 5.56 Å². The second-order valence-electron chi connectivity index (χ2n) is 6.70. The lowest BCUT2D eigenvalue weighted by molar-refractivity contribution is 0.276. The van der Waals surface area contributed by atoms with E-state index in [1.807, 2.05) is 43.3 Å². The molecule has 0 aliphatic rings. The van der Waals surface area contributed by atoms with E-state index in [2.05, 4.69) is 10.1 Å². The van der Waals surface area contributed by atoms with Gasteiger partial charge in [0.25, 0.3) is 0 Å². The van der Waals surface area contributed by atoms with Gasteiger partial charge in [-0.25, -0.2) is 4.39 Å². The molecule has 0 spiro atoms. The molecule has 1 aromatic heterocycles. The number of aromatic nitrogens is 1. The van der Waals surface area contributed by atoms with Gasteiger partial charge in [-0.05, 0) is 17.2 Å². The predicted molar refractivity (Wildman–Crippen MR) is 107 cm³/mol. The highest BCUT2D eigenvalue weighted by Crippen LogP contribution is 2.34. The van der Waals surface area contributed by atoms with Gasteiger partial charge in [-0.2, -0.15) is 4.99 Å². The number of nitrogens with zero attached hydrogens (tertiary/aromatic N) is 3. The highest BCUT2D eigenvalue weighted by Gasteiger charge is 2.23. The van der Waals surface area contributed by atoms with E-state index in [1.165, 1.54) is 6.07 Å². The molecule has 0 amide bonds. The van der Waals surface area contributed by atoms with E-state index in [-0.39, 0.29) is 30.1 Å². The Kier molecular flexibility index (Phi) is 5.75. The van der Waals surface area contributed by atoms with Gasteiger partial charge >= 0.3 is 0 Å². The van der Waals surface area contributed by atoms with Gasteiger partial charge in [0.05, 0.1) is 12.2 Å². The zero-order chi connectivity index (χ0) is 20.3. The topological polar surface area (TPSA) is 87.9 Å². The molecule has 2 aromatic carbocycles. The molecule has 3 rings (SSSR count). The Morgan fingerprint density at radius 3 is 2.57 bits per heavy atom. The Balaban J connectivity index is 1.94. The van der Waals surface area contributed by atoms with Gasteiger partial charge in [-0.15, -0.1) is 0 Å². The van der Waals surface area contributed by atoms with Crippen molar-refractivity contribution in [3.63, 3.8) is 0 Å². The second-order valence-corrected chi connectivity index (χ2v) is 6.70. The number of aliphatic hydroxyl groups is 1. The van der Waals surface area contributed by atoms with Gasteiger partial charge in [-0.3, -0.25) is 0 Å². The summed E-state index contributed by atoms with van der Waals surface area (Å²) in [6.07, 6.45) is 0. The van der Waals surface area contributed by atoms with Crippen LogP contribution >= 0.6 is 0 Å². The molecule has 6 nitrogen and oxygen atoms in total. The summed E-state index contributed by atoms with van der Waals surface area (Å²) < 4.78 is 20.1. The van der Waals surface area contributed by atoms with Gasteiger partial charge in [-0.1, -0.05) is 54.5 Å². The van der Waals surface area contributed by atoms with Crippen molar-refractivity contribution in [2.24, 2.45) is 10.7 Å². The predicted octanol–water partition coefficient (Wildman–Crippen LogP) is 3.63. The highest BCUT2D eigenvalue weighted by atomic mass is 19.1. The molecule has 3 N–H and O–H groups in total. The number of benzene rings is 2. The summed E-state index contributed by atoms with van der Waals surface area (Å²) in [5, 5.41) is 13.7. The molecule has 0 saturated carbocycles. The number of hydrogen-bond acceptors (Lipinski definition) is 4. The van der Waals surface area contributed by atoms with Crippen LogP contribution in [0.25, 0.3) is 11.1 Å². The third-order valence-corrected chi connectivity index (χ3v) is 4.61. The van der Waals surface area contributed by atoms with E-state index >= 15 is 0 Å². The van der Waals surface area contributed by atoms with Crippen LogP contribution in [-0.4, -0.2) is 35.2 Å². The summed E-state index contributed by atoms with van der Waals surface area (Å²) in [7, 11) is 3.50. The maximum absolute atomic E-state index is 14.7. The average molecular weight is 382 g/mol. The first-order valence-electron chi connectivity index (χ1n) is 8.88. The monoisotopic (exact) mass is 382 g/mol. The molecule has 1 unspecified atom stereocenters. The standard InChI is InChI=1S/C21H23FN4O2/c1-13(19-17(12-27)20(25-28-19)24-21(23)26(2)3)15-9-10-16(18(22)11-15)14-7-5-4-6-8-14/h4-11,13,27H,12H2,1-3H3,(H2,23,24,25). The van der Waals surface area contributed by atoms with E-state index in [4.69, 9.17) is 10.3 Å². The molecule has 0 radical (unpaired) electrons. The van der Waals surface area contributed by atoms with Crippen molar-refractivity contribution in [3.8, 4) is 11.1 Å². The van der Waals surface area contributed by atoms with E-state index < -0.39 is 0 Å². The number of aliphatic hydroxyl groups excluding tert-OH is 1. The molecule has 3 aromatic rings. The van der Waals surface area contributed by atoms with Crippen LogP contribution in [0.5, 0.6) is 0 Å². The van der Waals surface area contributed by atoms with Gasteiger partial charge in [0.2, 0.25) is 5.82 Å². The molecule has 1 heterocycles. The molecular formula is C21H23FN4O2. The molecular weight excluding hydrogens is 359 g/mol. The summed E-state index contributed by atoms with van der Waals surface area (Å²) in [6.45, 7) is 1.55. The lowest BCUT2D eigenvalue weighted by Gasteiger charge is -2.12. The van der Waals surface area contributed by atoms with Crippen molar-refractivity contribution in [2.75, 3.05) is 14.1 Å². The Hall–Kier alpha value is -3.19. The van der Waals surface area contributed by atoms with Crippen molar-refractivity contribution < 1.29 is 14.0 Å². The van der Waals surface area contributed by atoms with Crippen molar-refractivity contribution >= 4 is 11.8 Å². The average Bonchev–Trinajstić information content (AvgIpc) is 3.10. The Morgan fingerprint density at radius 1 is 1.25 bits per heavy atom. The van der Waals surface area contributed by atoms with Crippen LogP contribution < -0.4 is 5.73 Å². The van der Waals surface area contributed by atoms with Crippen LogP contribution in [0.4, 0.5) is 10.2 Å². The summed E-state index contributed by atoms with van der Waals surface area (Å²) in [5.41, 5.74) is 8.31. The summed E-state index contributed by atoms with van der Waals surface area (Å²) in [5.74, 6) is 0.242. The SMILES string of the molecule is CC(c1ccc(-c2ccccc2)c(F)c1)c1onc(N=C(N)N(C)C)c1CO. The van der Waals surface area contributed by atoms with E-state index in [0.29, 0.717) is 22.5 Å². The van der Waals surface area contributed by atoms with E-state index in [1.54, 1.807) is 25.1 Å². The minimum atomic E-state index is -0.323. The molecule has 0 saturated heterocycles. The number of rotatable bonds is 5. The van der Waals surface area contributed by atoms with Crippen molar-refractivity contribution in [3.05, 3.63) is 71.2 Å². The number of hydrogen-bond donors (Lipinski definition) is 2. The summed E-state index contributed by atoms with van der Waals surface area (Å²) in [4.78, 5) is 5.80. The number of aliphatic imine (C=N–C) groups is 1. The summed E-state index contributed by atoms with van der Waals surface area (Å²) >= 11 is 0. The molecule has 0 bridgehead atoms. The van der Waals surface area contributed by atoms with Gasteiger partial charge < -0.3 is 20.3 Å². The lowest BCUT2D eigenvalue weighted by atomic mass is 9.93. The summed E-state index contributed by atoms with van der Waals surface area (Å²) in [6, 6.07) is 14.4. The van der Waals surface area contributed by atoms with Crippen LogP contribution in [0.3, 0.4) is 0 Å². The first kappa shape index (κ1) is 19.6. The first-order chi connectivity index (χ1) is 13.4. The van der Waals surface area contributed by atoms with E-state index in [9.17, 15) is 9.50 Å². The molecule has 1 atom stereocenters. The Bertz CT molecular complexity index is 983. The fourth-order valence-corrected chi connectivity index (χ4v) is 2.90. The molecule has 0 fully saturated rings. The fraction of sp³-hybridized carbons (Fsp3) is 0.238. The third-order valence-electron chi connectivity index (χ3n) is 4.61. The van der Waals surface area contributed by atoms with Crippen LogP contribution in [-0.2, 0) is 6.61 Å². The zero-order valence-electron chi connectivity index (χ0n) is 16.1. The minimum absolute atomic E-state index is 0.219. The smallest absolute Gasteiger partial charge is 0.204 e. The first-order valence-corrected chi connectivity index (χ1v) is 8.88. The Morgan fingerprint density at radius 2 is 1.96 bits per heavy atom. The second kappa shape index (κ2) is 8.22. The molecule has 28 heavy (non-hydrogen) atoms. The van der Waals surface area contributed by atoms with Gasteiger partial charge in [0.1, 0.15) is 5.82 Å². The van der Waals surface area contributed by atoms with Crippen LogP contribution in [0.2, 0.25) is 0 Å². The molecule has 0 aliphatic carbocycles. The van der Waals surface area contributed by atoms with Crippen LogP contribution in [0, 0.1) is 5.82 Å². The number of nitrogens with two attached hydrogens (primary N) is 1. The third kappa shape index (κ3) is 3.89. The zero-order valence-corrected chi connectivity index (χ0v) is 16.1. The molecule has 7 heteroatoms. The van der Waals surface area contributed by atoms with Crippen LogP contribution in [0.1, 0.15) is 29.7 Å². The highest BCUT2D eigenvalue weighted by molar-refractivity contribution is 5.80. The van der Waals surface area contributed by atoms with Gasteiger partial charge in [0.15, 0.2) is 11.7 Å². The van der Waals surface area contributed by atoms with Crippen molar-refractivity contribution in [1.82, 2.24) is 10.1 Å². The molecule has 0 aliphatic heterocycles. The number of guanidine groups is 1. The Labute approximate surface area is 163 Å². The van der Waals surface area contributed by atoms with Crippen LogP contribution in [0.15, 0.2) is 58.0 Å².